The van der Waals surface area contributed by atoms with E-state index in [4.69, 9.17) is 11.6 Å². The standard InChI is InChI=1S/C14H12ClN3OS/c1-8-7-20-13-11(8)12(17-14(15)18-13)16-6-9-2-4-10(19)5-3-9/h2-5,7,19H,6H2,1H3,(H,16,17,18). The van der Waals surface area contributed by atoms with Gasteiger partial charge in [-0.25, -0.2) is 9.97 Å². The van der Waals surface area contributed by atoms with Gasteiger partial charge in [-0.2, -0.15) is 0 Å². The smallest absolute Gasteiger partial charge is 0.225 e. The van der Waals surface area contributed by atoms with E-state index in [1.807, 2.05) is 24.4 Å². The molecule has 0 fully saturated rings. The Morgan fingerprint density at radius 3 is 2.75 bits per heavy atom. The molecule has 0 aliphatic heterocycles. The summed E-state index contributed by atoms with van der Waals surface area (Å²) in [5, 5.41) is 15.9. The van der Waals surface area contributed by atoms with Gasteiger partial charge in [-0.15, -0.1) is 11.3 Å². The van der Waals surface area contributed by atoms with Crippen LogP contribution >= 0.6 is 22.9 Å². The number of phenols is 1. The van der Waals surface area contributed by atoms with E-state index in [0.717, 1.165) is 27.2 Å². The summed E-state index contributed by atoms with van der Waals surface area (Å²) in [5.74, 6) is 1.00. The third-order valence-electron chi connectivity index (χ3n) is 2.99. The second kappa shape index (κ2) is 5.26. The highest BCUT2D eigenvalue weighted by Crippen LogP contribution is 2.30. The number of hydrogen-bond acceptors (Lipinski definition) is 5. The lowest BCUT2D eigenvalue weighted by Crippen LogP contribution is -2.02. The summed E-state index contributed by atoms with van der Waals surface area (Å²) in [4.78, 5) is 9.38. The third-order valence-corrected chi connectivity index (χ3v) is 4.15. The highest BCUT2D eigenvalue weighted by atomic mass is 35.5. The van der Waals surface area contributed by atoms with E-state index in [9.17, 15) is 5.11 Å². The minimum atomic E-state index is 0.243. The lowest BCUT2D eigenvalue weighted by atomic mass is 10.2. The monoisotopic (exact) mass is 305 g/mol. The first-order valence-corrected chi connectivity index (χ1v) is 7.32. The number of nitrogens with one attached hydrogen (secondary N) is 1. The van der Waals surface area contributed by atoms with Gasteiger partial charge in [-0.3, -0.25) is 0 Å². The van der Waals surface area contributed by atoms with Gasteiger partial charge in [0.25, 0.3) is 0 Å². The Morgan fingerprint density at radius 2 is 2.00 bits per heavy atom. The number of rotatable bonds is 3. The van der Waals surface area contributed by atoms with E-state index in [-0.39, 0.29) is 11.0 Å². The maximum Gasteiger partial charge on any atom is 0.225 e. The maximum absolute atomic E-state index is 9.27. The molecule has 3 rings (SSSR count). The number of halogens is 1. The summed E-state index contributed by atoms with van der Waals surface area (Å²) in [7, 11) is 0. The zero-order chi connectivity index (χ0) is 14.1. The van der Waals surface area contributed by atoms with Gasteiger partial charge in [0, 0.05) is 6.54 Å². The van der Waals surface area contributed by atoms with Gasteiger partial charge < -0.3 is 10.4 Å². The zero-order valence-electron chi connectivity index (χ0n) is 10.7. The molecule has 2 N–H and O–H groups in total. The van der Waals surface area contributed by atoms with Crippen LogP contribution in [0.4, 0.5) is 5.82 Å². The number of aryl methyl sites for hydroxylation is 1. The number of benzene rings is 1. The van der Waals surface area contributed by atoms with E-state index in [1.54, 1.807) is 23.5 Å². The van der Waals surface area contributed by atoms with Crippen LogP contribution in [0, 0.1) is 6.92 Å². The van der Waals surface area contributed by atoms with Crippen molar-refractivity contribution in [2.24, 2.45) is 0 Å². The molecule has 3 aromatic rings. The van der Waals surface area contributed by atoms with Gasteiger partial charge in [0.1, 0.15) is 16.4 Å². The van der Waals surface area contributed by atoms with Gasteiger partial charge >= 0.3 is 0 Å². The van der Waals surface area contributed by atoms with E-state index in [0.29, 0.717) is 6.54 Å². The Labute approximate surface area is 125 Å². The van der Waals surface area contributed by atoms with Gasteiger partial charge in [0.2, 0.25) is 5.28 Å². The van der Waals surface area contributed by atoms with E-state index < -0.39 is 0 Å². The Kier molecular flexibility index (Phi) is 3.46. The molecule has 0 aliphatic rings. The van der Waals surface area contributed by atoms with Crippen molar-refractivity contribution in [2.45, 2.75) is 13.5 Å². The number of aromatic nitrogens is 2. The highest BCUT2D eigenvalue weighted by Gasteiger charge is 2.10. The van der Waals surface area contributed by atoms with Crippen LogP contribution in [0.1, 0.15) is 11.1 Å². The topological polar surface area (TPSA) is 58.0 Å². The number of anilines is 1. The van der Waals surface area contributed by atoms with Crippen molar-refractivity contribution >= 4 is 39.0 Å². The number of phenolic OH excluding ortho intramolecular Hbond substituents is 1. The van der Waals surface area contributed by atoms with Crippen LogP contribution < -0.4 is 5.32 Å². The molecule has 0 saturated heterocycles. The average Bonchev–Trinajstić information content (AvgIpc) is 2.79. The van der Waals surface area contributed by atoms with Crippen LogP contribution in [-0.2, 0) is 6.54 Å². The van der Waals surface area contributed by atoms with Crippen molar-refractivity contribution in [3.63, 3.8) is 0 Å². The molecule has 0 saturated carbocycles. The summed E-state index contributed by atoms with van der Waals surface area (Å²) < 4.78 is 0. The molecule has 6 heteroatoms. The summed E-state index contributed by atoms with van der Waals surface area (Å²) in [5.41, 5.74) is 2.19. The molecule has 2 aromatic heterocycles. The average molecular weight is 306 g/mol. The highest BCUT2D eigenvalue weighted by molar-refractivity contribution is 7.17. The second-order valence-electron chi connectivity index (χ2n) is 4.46. The molecule has 0 atom stereocenters. The quantitative estimate of drug-likeness (QED) is 0.719. The Balaban J connectivity index is 1.90. The second-order valence-corrected chi connectivity index (χ2v) is 5.66. The summed E-state index contributed by atoms with van der Waals surface area (Å²) in [6.07, 6.45) is 0. The zero-order valence-corrected chi connectivity index (χ0v) is 12.3. The van der Waals surface area contributed by atoms with Gasteiger partial charge in [-0.05, 0) is 47.2 Å². The van der Waals surface area contributed by atoms with Crippen LogP contribution in [-0.4, -0.2) is 15.1 Å². The van der Waals surface area contributed by atoms with Crippen LogP contribution in [0.2, 0.25) is 5.28 Å². The molecule has 0 amide bonds. The van der Waals surface area contributed by atoms with Crippen molar-refractivity contribution < 1.29 is 5.11 Å². The fourth-order valence-electron chi connectivity index (χ4n) is 1.99. The van der Waals surface area contributed by atoms with Crippen molar-refractivity contribution in [3.05, 3.63) is 46.1 Å². The van der Waals surface area contributed by atoms with Crippen molar-refractivity contribution in [1.82, 2.24) is 9.97 Å². The normalized spacial score (nSPS) is 10.9. The summed E-state index contributed by atoms with van der Waals surface area (Å²) >= 11 is 7.50. The van der Waals surface area contributed by atoms with Crippen LogP contribution in [0.15, 0.2) is 29.6 Å². The lowest BCUT2D eigenvalue weighted by molar-refractivity contribution is 0.475. The molecule has 1 aromatic carbocycles. The van der Waals surface area contributed by atoms with Crippen molar-refractivity contribution in [2.75, 3.05) is 5.32 Å². The maximum atomic E-state index is 9.27. The minimum absolute atomic E-state index is 0.243. The number of fused-ring (bicyclic) bond motifs is 1. The molecule has 0 aliphatic carbocycles. The molecular formula is C14H12ClN3OS. The molecule has 20 heavy (non-hydrogen) atoms. The molecule has 2 heterocycles. The first kappa shape index (κ1) is 13.1. The minimum Gasteiger partial charge on any atom is -0.508 e. The Bertz CT molecular complexity index is 755. The molecule has 0 bridgehead atoms. The summed E-state index contributed by atoms with van der Waals surface area (Å²) in [6.45, 7) is 2.64. The summed E-state index contributed by atoms with van der Waals surface area (Å²) in [6, 6.07) is 7.05. The van der Waals surface area contributed by atoms with Crippen molar-refractivity contribution in [3.8, 4) is 5.75 Å². The Hall–Kier alpha value is -1.85. The number of hydrogen-bond donors (Lipinski definition) is 2. The molecule has 4 nitrogen and oxygen atoms in total. The first-order valence-electron chi connectivity index (χ1n) is 6.06. The SMILES string of the molecule is Cc1csc2nc(Cl)nc(NCc3ccc(O)cc3)c12. The first-order chi connectivity index (χ1) is 9.63. The molecule has 102 valence electrons. The predicted molar refractivity (Wildman–Crippen MR) is 82.6 cm³/mol. The van der Waals surface area contributed by atoms with Gasteiger partial charge in [0.05, 0.1) is 5.39 Å². The van der Waals surface area contributed by atoms with Crippen LogP contribution in [0.25, 0.3) is 10.2 Å². The largest absolute Gasteiger partial charge is 0.508 e. The molecule has 0 spiro atoms. The molecule has 0 unspecified atom stereocenters. The number of aromatic hydroxyl groups is 1. The van der Waals surface area contributed by atoms with Crippen molar-refractivity contribution in [1.29, 1.82) is 0 Å². The number of nitrogens with zero attached hydrogens (tertiary/aromatic N) is 2. The van der Waals surface area contributed by atoms with E-state index in [2.05, 4.69) is 15.3 Å². The van der Waals surface area contributed by atoms with E-state index in [1.165, 1.54) is 0 Å². The van der Waals surface area contributed by atoms with Crippen LogP contribution in [0.3, 0.4) is 0 Å². The Morgan fingerprint density at radius 1 is 1.25 bits per heavy atom. The van der Waals surface area contributed by atoms with Gasteiger partial charge in [0.15, 0.2) is 0 Å². The number of thiophene rings is 1. The molecular weight excluding hydrogens is 294 g/mol. The van der Waals surface area contributed by atoms with E-state index >= 15 is 0 Å². The fourth-order valence-corrected chi connectivity index (χ4v) is 3.13. The fraction of sp³-hybridized carbons (Fsp3) is 0.143. The van der Waals surface area contributed by atoms with Gasteiger partial charge in [-0.1, -0.05) is 12.1 Å². The molecule has 0 radical (unpaired) electrons. The predicted octanol–water partition coefficient (Wildman–Crippen LogP) is 3.97. The lowest BCUT2D eigenvalue weighted by Gasteiger charge is -2.08. The third kappa shape index (κ3) is 2.55. The van der Waals surface area contributed by atoms with Crippen LogP contribution in [0.5, 0.6) is 5.75 Å².